The Morgan fingerprint density at radius 2 is 1.96 bits per heavy atom. The van der Waals surface area contributed by atoms with Crippen molar-refractivity contribution in [1.29, 1.82) is 0 Å². The lowest BCUT2D eigenvalue weighted by atomic mass is 9.95. The van der Waals surface area contributed by atoms with Gasteiger partial charge in [0.05, 0.1) is 0 Å². The zero-order valence-corrected chi connectivity index (χ0v) is 17.6. The van der Waals surface area contributed by atoms with Gasteiger partial charge in [0, 0.05) is 36.5 Å². The molecule has 0 aliphatic carbocycles. The number of nitrogens with zero attached hydrogens (tertiary/aromatic N) is 2. The van der Waals surface area contributed by atoms with E-state index in [2.05, 4.69) is 34.0 Å². The van der Waals surface area contributed by atoms with Crippen LogP contribution in [-0.4, -0.2) is 41.1 Å². The highest BCUT2D eigenvalue weighted by atomic mass is 32.2. The van der Waals surface area contributed by atoms with Crippen molar-refractivity contribution in [3.63, 3.8) is 0 Å². The Morgan fingerprint density at radius 1 is 1.21 bits per heavy atom. The topological polar surface area (TPSA) is 42.1 Å². The first-order chi connectivity index (χ1) is 13.3. The number of halogens is 1. The summed E-state index contributed by atoms with van der Waals surface area (Å²) in [4.78, 5) is 7.81. The van der Waals surface area contributed by atoms with E-state index in [4.69, 9.17) is 5.73 Å². The lowest BCUT2D eigenvalue weighted by Crippen LogP contribution is -2.31. The van der Waals surface area contributed by atoms with Crippen LogP contribution in [0, 0.1) is 0 Å². The van der Waals surface area contributed by atoms with Gasteiger partial charge in [0.1, 0.15) is 11.5 Å². The maximum Gasteiger partial charge on any atom is 0.130 e. The molecule has 1 atom stereocenters. The third kappa shape index (κ3) is 5.76. The van der Waals surface area contributed by atoms with Gasteiger partial charge in [-0.3, -0.25) is 4.90 Å². The number of nitrogens with two attached hydrogens (primary N) is 1. The number of alkyl halides is 1. The molecule has 1 aliphatic rings. The molecule has 1 aliphatic heterocycles. The molecule has 0 saturated heterocycles. The second-order valence-corrected chi connectivity index (χ2v) is 9.74. The molecule has 1 unspecified atom stereocenters. The quantitative estimate of drug-likeness (QED) is 0.537. The average Bonchev–Trinajstić information content (AvgIpc) is 2.67. The van der Waals surface area contributed by atoms with E-state index in [-0.39, 0.29) is 10.5 Å². The molecule has 1 aromatic carbocycles. The Bertz CT molecular complexity index is 836. The fraction of sp³-hybridized carbons (Fsp3) is 0.391. The van der Waals surface area contributed by atoms with Crippen LogP contribution in [0.25, 0.3) is 0 Å². The number of hydrogen-bond acceptors (Lipinski definition) is 3. The molecule has 0 radical (unpaired) electrons. The number of benzene rings is 1. The fourth-order valence-corrected chi connectivity index (χ4v) is 4.49. The van der Waals surface area contributed by atoms with Gasteiger partial charge in [-0.2, -0.15) is 10.5 Å². The van der Waals surface area contributed by atoms with Gasteiger partial charge in [-0.15, -0.1) is 0 Å². The molecule has 3 nitrogen and oxygen atoms in total. The van der Waals surface area contributed by atoms with Crippen LogP contribution in [0.1, 0.15) is 31.4 Å². The number of nitrogen functional groups attached to an aromatic ring is 1. The second kappa shape index (κ2) is 9.01. The van der Waals surface area contributed by atoms with Crippen LogP contribution in [0.2, 0.25) is 0 Å². The Labute approximate surface area is 170 Å². The normalized spacial score (nSPS) is 16.6. The zero-order valence-electron chi connectivity index (χ0n) is 16.8. The van der Waals surface area contributed by atoms with Gasteiger partial charge in [-0.1, -0.05) is 41.8 Å². The van der Waals surface area contributed by atoms with Crippen LogP contribution in [0.5, 0.6) is 0 Å². The van der Waals surface area contributed by atoms with Crippen LogP contribution < -0.4 is 5.73 Å². The summed E-state index contributed by atoms with van der Waals surface area (Å²) in [7, 11) is -0.0544. The third-order valence-corrected chi connectivity index (χ3v) is 6.79. The Morgan fingerprint density at radius 3 is 2.54 bits per heavy atom. The van der Waals surface area contributed by atoms with Crippen molar-refractivity contribution in [3.8, 4) is 0 Å². The summed E-state index contributed by atoms with van der Waals surface area (Å²) in [5, 5.41) is 0. The van der Waals surface area contributed by atoms with Gasteiger partial charge in [0.2, 0.25) is 0 Å². The van der Waals surface area contributed by atoms with Crippen molar-refractivity contribution >= 4 is 22.2 Å². The molecule has 28 heavy (non-hydrogen) atoms. The van der Waals surface area contributed by atoms with Gasteiger partial charge in [0.15, 0.2) is 0 Å². The van der Waals surface area contributed by atoms with E-state index in [0.717, 1.165) is 43.8 Å². The molecule has 150 valence electrons. The molecule has 5 heteroatoms. The van der Waals surface area contributed by atoms with E-state index >= 15 is 0 Å². The smallest absolute Gasteiger partial charge is 0.130 e. The third-order valence-electron chi connectivity index (χ3n) is 5.21. The molecule has 2 N–H and O–H groups in total. The molecule has 2 aromatic rings. The largest absolute Gasteiger partial charge is 0.384 e. The summed E-state index contributed by atoms with van der Waals surface area (Å²) in [6, 6.07) is 11.8. The monoisotopic (exact) mass is 399 g/mol. The minimum Gasteiger partial charge on any atom is -0.384 e. The maximum atomic E-state index is 14.0. The van der Waals surface area contributed by atoms with Gasteiger partial charge in [-0.25, -0.2) is 9.37 Å². The molecule has 3 rings (SSSR count). The number of rotatable bonds is 7. The first-order valence-corrected chi connectivity index (χ1v) is 11.3. The van der Waals surface area contributed by atoms with Crippen molar-refractivity contribution in [2.45, 2.75) is 37.3 Å². The van der Waals surface area contributed by atoms with Gasteiger partial charge in [-0.05, 0) is 49.9 Å². The molecule has 0 bridgehead atoms. The lowest BCUT2D eigenvalue weighted by molar-refractivity contribution is 0.221. The molecule has 0 saturated carbocycles. The first kappa shape index (κ1) is 20.7. The van der Waals surface area contributed by atoms with Crippen molar-refractivity contribution in [3.05, 3.63) is 65.4 Å². The van der Waals surface area contributed by atoms with Crippen molar-refractivity contribution in [1.82, 2.24) is 9.88 Å². The van der Waals surface area contributed by atoms with Crippen LogP contribution in [0.15, 0.2) is 59.1 Å². The van der Waals surface area contributed by atoms with Crippen LogP contribution in [0.4, 0.5) is 10.2 Å². The summed E-state index contributed by atoms with van der Waals surface area (Å²) in [6.07, 6.45) is 6.24. The van der Waals surface area contributed by atoms with Crippen LogP contribution in [0.3, 0.4) is 0 Å². The summed E-state index contributed by atoms with van der Waals surface area (Å²) in [5.74, 6) is 5.89. The molecule has 2 heterocycles. The fourth-order valence-electron chi connectivity index (χ4n) is 3.32. The number of aromatic nitrogens is 1. The highest BCUT2D eigenvalue weighted by molar-refractivity contribution is 8.14. The maximum absolute atomic E-state index is 14.0. The summed E-state index contributed by atoms with van der Waals surface area (Å²) >= 11 is 0. The van der Waals surface area contributed by atoms with Crippen molar-refractivity contribution < 1.29 is 4.39 Å². The molecule has 1 aromatic heterocycles. The highest BCUT2D eigenvalue weighted by Gasteiger charge is 2.18. The molecular formula is C23H30FN3S. The second-order valence-electron chi connectivity index (χ2n) is 7.87. The molecular weight excluding hydrogens is 369 g/mol. The predicted octanol–water partition coefficient (Wildman–Crippen LogP) is 4.80. The van der Waals surface area contributed by atoms with Crippen molar-refractivity contribution in [2.24, 2.45) is 0 Å². The van der Waals surface area contributed by atoms with E-state index in [1.165, 1.54) is 16.0 Å². The zero-order chi connectivity index (χ0) is 20.1. The van der Waals surface area contributed by atoms with E-state index in [1.54, 1.807) is 13.8 Å². The standard InChI is InChI=1S/C23H30FN3S/c1-23(2,24)20-6-4-18(5-7-20)16-19-10-12-27(13-11-19)14-15-28(3)21-8-9-22(25)26-17-21/h4-10,17H,3,11-16H2,1-2H3,(H2,25,26). The summed E-state index contributed by atoms with van der Waals surface area (Å²) in [5.41, 5.74) is 7.83. The van der Waals surface area contributed by atoms with Crippen molar-refractivity contribution in [2.75, 3.05) is 31.1 Å². The molecule has 0 spiro atoms. The van der Waals surface area contributed by atoms with E-state index < -0.39 is 5.67 Å². The minimum atomic E-state index is -1.28. The minimum absolute atomic E-state index is 0.0544. The Kier molecular flexibility index (Phi) is 6.68. The summed E-state index contributed by atoms with van der Waals surface area (Å²) < 4.78 is 14.0. The number of pyridine rings is 1. The van der Waals surface area contributed by atoms with E-state index in [1.807, 2.05) is 30.5 Å². The number of hydrogen-bond donors (Lipinski definition) is 1. The predicted molar refractivity (Wildman–Crippen MR) is 120 cm³/mol. The Balaban J connectivity index is 1.47. The molecule has 0 fully saturated rings. The van der Waals surface area contributed by atoms with E-state index in [0.29, 0.717) is 5.82 Å². The van der Waals surface area contributed by atoms with Gasteiger partial charge >= 0.3 is 0 Å². The highest BCUT2D eigenvalue weighted by Crippen LogP contribution is 2.26. The van der Waals surface area contributed by atoms with Crippen LogP contribution >= 0.6 is 10.5 Å². The van der Waals surface area contributed by atoms with Gasteiger partial charge < -0.3 is 5.73 Å². The number of anilines is 1. The van der Waals surface area contributed by atoms with Crippen LogP contribution in [-0.2, 0) is 12.1 Å². The summed E-state index contributed by atoms with van der Waals surface area (Å²) in [6.45, 7) is 6.31. The lowest BCUT2D eigenvalue weighted by Gasteiger charge is -2.27. The van der Waals surface area contributed by atoms with E-state index in [9.17, 15) is 4.39 Å². The Hall–Kier alpha value is -1.98. The first-order valence-electron chi connectivity index (χ1n) is 9.72. The average molecular weight is 400 g/mol. The van der Waals surface area contributed by atoms with Gasteiger partial charge in [0.25, 0.3) is 0 Å². The SMILES string of the molecule is C=S(CCN1CC=C(Cc2ccc(C(C)(C)F)cc2)CC1)c1ccc(N)nc1. The molecule has 0 amide bonds.